The smallest absolute Gasteiger partial charge is 0.261 e. The SMILES string of the molecule is CN(C)C1CCN(Cc2cccc(Nc3nccc(-c4c(-c5cccc(NC(=O)c6c(F)cccc6F)c5)nc5ccccn45)n3)c2)C1. The largest absolute Gasteiger partial charge is 0.324 e. The predicted octanol–water partition coefficient (Wildman–Crippen LogP) is 6.87. The minimum Gasteiger partial charge on any atom is -0.324 e. The summed E-state index contributed by atoms with van der Waals surface area (Å²) in [5, 5.41) is 5.99. The fraction of sp³-hybridized carbons (Fsp3) is 0.189. The summed E-state index contributed by atoms with van der Waals surface area (Å²) in [4.78, 5) is 31.9. The second kappa shape index (κ2) is 13.3. The molecule has 48 heavy (non-hydrogen) atoms. The first-order chi connectivity index (χ1) is 23.3. The number of rotatable bonds is 9. The molecule has 6 aromatic rings. The number of fused-ring (bicyclic) bond motifs is 1. The Morgan fingerprint density at radius 2 is 1.71 bits per heavy atom. The highest BCUT2D eigenvalue weighted by molar-refractivity contribution is 6.05. The molecule has 9 nitrogen and oxygen atoms in total. The third kappa shape index (κ3) is 6.51. The summed E-state index contributed by atoms with van der Waals surface area (Å²) in [6, 6.07) is 26.7. The van der Waals surface area contributed by atoms with E-state index in [1.807, 2.05) is 53.1 Å². The Kier molecular flexibility index (Phi) is 8.62. The van der Waals surface area contributed by atoms with Crippen LogP contribution in [0.3, 0.4) is 0 Å². The van der Waals surface area contributed by atoms with Crippen LogP contribution in [0.4, 0.5) is 26.1 Å². The van der Waals surface area contributed by atoms with Gasteiger partial charge in [-0.25, -0.2) is 23.7 Å². The van der Waals surface area contributed by atoms with Crippen molar-refractivity contribution in [3.63, 3.8) is 0 Å². The van der Waals surface area contributed by atoms with Gasteiger partial charge in [-0.15, -0.1) is 0 Å². The van der Waals surface area contributed by atoms with Crippen molar-refractivity contribution in [3.05, 3.63) is 126 Å². The number of carbonyl (C=O) groups is 1. The van der Waals surface area contributed by atoms with E-state index in [4.69, 9.17) is 9.97 Å². The van der Waals surface area contributed by atoms with E-state index >= 15 is 0 Å². The minimum absolute atomic E-state index is 0.360. The Labute approximate surface area is 276 Å². The number of nitrogens with zero attached hydrogens (tertiary/aromatic N) is 6. The molecule has 3 aromatic carbocycles. The highest BCUT2D eigenvalue weighted by atomic mass is 19.1. The topological polar surface area (TPSA) is 90.7 Å². The molecule has 0 spiro atoms. The number of likely N-dealkylation sites (N-methyl/N-ethyl adjacent to an activating group) is 1. The van der Waals surface area contributed by atoms with Gasteiger partial charge in [0.25, 0.3) is 5.91 Å². The zero-order valence-electron chi connectivity index (χ0n) is 26.6. The summed E-state index contributed by atoms with van der Waals surface area (Å²) in [7, 11) is 4.28. The summed E-state index contributed by atoms with van der Waals surface area (Å²) in [5.41, 5.74) is 5.17. The van der Waals surface area contributed by atoms with Gasteiger partial charge >= 0.3 is 0 Å². The van der Waals surface area contributed by atoms with E-state index in [-0.39, 0.29) is 0 Å². The van der Waals surface area contributed by atoms with Gasteiger partial charge in [0.05, 0.1) is 17.1 Å². The van der Waals surface area contributed by atoms with E-state index in [0.29, 0.717) is 40.3 Å². The van der Waals surface area contributed by atoms with Gasteiger partial charge in [-0.2, -0.15) is 0 Å². The van der Waals surface area contributed by atoms with Crippen LogP contribution in [0.1, 0.15) is 22.3 Å². The number of anilines is 3. The van der Waals surface area contributed by atoms with Crippen LogP contribution < -0.4 is 10.6 Å². The predicted molar refractivity (Wildman–Crippen MR) is 183 cm³/mol. The van der Waals surface area contributed by atoms with Gasteiger partial charge in [0.2, 0.25) is 5.95 Å². The van der Waals surface area contributed by atoms with Crippen LogP contribution in [-0.2, 0) is 6.54 Å². The third-order valence-electron chi connectivity index (χ3n) is 8.58. The number of likely N-dealkylation sites (tertiary alicyclic amines) is 1. The maximum absolute atomic E-state index is 14.3. The molecule has 1 unspecified atom stereocenters. The molecule has 7 rings (SSSR count). The van der Waals surface area contributed by atoms with Crippen LogP contribution in [0.25, 0.3) is 28.3 Å². The van der Waals surface area contributed by atoms with Crippen molar-refractivity contribution in [1.82, 2.24) is 29.2 Å². The molecule has 2 N–H and O–H groups in total. The molecule has 4 heterocycles. The van der Waals surface area contributed by atoms with Crippen molar-refractivity contribution in [2.75, 3.05) is 37.8 Å². The Morgan fingerprint density at radius 1 is 0.917 bits per heavy atom. The molecule has 0 saturated carbocycles. The number of halogens is 2. The first-order valence-electron chi connectivity index (χ1n) is 15.7. The third-order valence-corrected chi connectivity index (χ3v) is 8.58. The molecule has 1 atom stereocenters. The lowest BCUT2D eigenvalue weighted by molar-refractivity contribution is 0.101. The number of carbonyl (C=O) groups excluding carboxylic acids is 1. The Morgan fingerprint density at radius 3 is 2.52 bits per heavy atom. The van der Waals surface area contributed by atoms with E-state index in [0.717, 1.165) is 43.1 Å². The van der Waals surface area contributed by atoms with Crippen molar-refractivity contribution in [2.24, 2.45) is 0 Å². The van der Waals surface area contributed by atoms with Crippen molar-refractivity contribution >= 4 is 28.9 Å². The zero-order valence-corrected chi connectivity index (χ0v) is 26.6. The number of aromatic nitrogens is 4. The lowest BCUT2D eigenvalue weighted by Crippen LogP contribution is -2.31. The van der Waals surface area contributed by atoms with Gasteiger partial charge < -0.3 is 15.5 Å². The number of benzene rings is 3. The number of hydrogen-bond acceptors (Lipinski definition) is 7. The summed E-state index contributed by atoms with van der Waals surface area (Å²) in [6.07, 6.45) is 4.78. The molecule has 3 aromatic heterocycles. The zero-order chi connectivity index (χ0) is 33.2. The van der Waals surface area contributed by atoms with Crippen LogP contribution in [0.5, 0.6) is 0 Å². The van der Waals surface area contributed by atoms with E-state index in [9.17, 15) is 13.6 Å². The molecule has 1 aliphatic heterocycles. The van der Waals surface area contributed by atoms with E-state index < -0.39 is 23.1 Å². The first-order valence-corrected chi connectivity index (χ1v) is 15.7. The van der Waals surface area contributed by atoms with Crippen molar-refractivity contribution < 1.29 is 13.6 Å². The molecule has 0 aliphatic carbocycles. The molecule has 1 saturated heterocycles. The highest BCUT2D eigenvalue weighted by Crippen LogP contribution is 2.34. The van der Waals surface area contributed by atoms with Crippen LogP contribution >= 0.6 is 0 Å². The lowest BCUT2D eigenvalue weighted by atomic mass is 10.1. The Bertz CT molecular complexity index is 2090. The van der Waals surface area contributed by atoms with Gasteiger partial charge in [0, 0.05) is 55.0 Å². The Balaban J connectivity index is 1.17. The van der Waals surface area contributed by atoms with Crippen LogP contribution in [0.2, 0.25) is 0 Å². The summed E-state index contributed by atoms with van der Waals surface area (Å²) in [5.74, 6) is -2.32. The number of imidazole rings is 1. The first kappa shape index (κ1) is 31.1. The summed E-state index contributed by atoms with van der Waals surface area (Å²) < 4.78 is 30.5. The van der Waals surface area contributed by atoms with Crippen molar-refractivity contribution in [2.45, 2.75) is 19.0 Å². The second-order valence-electron chi connectivity index (χ2n) is 12.1. The van der Waals surface area contributed by atoms with Gasteiger partial charge in [-0.3, -0.25) is 14.1 Å². The Hall–Kier alpha value is -5.52. The van der Waals surface area contributed by atoms with Crippen LogP contribution in [0, 0.1) is 11.6 Å². The van der Waals surface area contributed by atoms with E-state index in [2.05, 4.69) is 51.6 Å². The maximum atomic E-state index is 14.3. The van der Waals surface area contributed by atoms with Gasteiger partial charge in [0.1, 0.15) is 22.8 Å². The molecular weight excluding hydrogens is 610 g/mol. The van der Waals surface area contributed by atoms with Crippen molar-refractivity contribution in [3.8, 4) is 22.6 Å². The number of amides is 1. The number of pyridine rings is 1. The average molecular weight is 645 g/mol. The number of hydrogen-bond donors (Lipinski definition) is 2. The highest BCUT2D eigenvalue weighted by Gasteiger charge is 2.24. The molecular formula is C37H34F2N8O. The summed E-state index contributed by atoms with van der Waals surface area (Å²) in [6.45, 7) is 3.00. The van der Waals surface area contributed by atoms with Crippen LogP contribution in [-0.4, -0.2) is 68.3 Å². The normalized spacial score (nSPS) is 14.9. The van der Waals surface area contributed by atoms with Crippen molar-refractivity contribution in [1.29, 1.82) is 0 Å². The lowest BCUT2D eigenvalue weighted by Gasteiger charge is -2.20. The standard InChI is InChI=1S/C37H34F2N8O/c1-45(2)28-16-19-46(23-28)22-24-8-5-10-26(20-24)42-37-40-17-15-31(43-37)35-34(44-32-14-3-4-18-47(32)35)25-9-6-11-27(21-25)41-36(48)33-29(38)12-7-13-30(33)39/h3-15,17-18,20-21,28H,16,19,22-23H2,1-2H3,(H,41,48)(H,40,42,43). The maximum Gasteiger partial charge on any atom is 0.261 e. The molecule has 11 heteroatoms. The summed E-state index contributed by atoms with van der Waals surface area (Å²) >= 11 is 0. The molecule has 0 radical (unpaired) electrons. The quantitative estimate of drug-likeness (QED) is 0.178. The van der Waals surface area contributed by atoms with Gasteiger partial charge in [0.15, 0.2) is 0 Å². The fourth-order valence-electron chi connectivity index (χ4n) is 6.16. The second-order valence-corrected chi connectivity index (χ2v) is 12.1. The molecule has 0 bridgehead atoms. The minimum atomic E-state index is -0.934. The molecule has 1 amide bonds. The average Bonchev–Trinajstić information content (AvgIpc) is 3.70. The molecule has 1 aliphatic rings. The van der Waals surface area contributed by atoms with E-state index in [1.165, 1.54) is 18.1 Å². The van der Waals surface area contributed by atoms with Gasteiger partial charge in [-0.1, -0.05) is 36.4 Å². The number of nitrogens with one attached hydrogen (secondary N) is 2. The fourth-order valence-corrected chi connectivity index (χ4v) is 6.16. The van der Waals surface area contributed by atoms with E-state index in [1.54, 1.807) is 24.4 Å². The van der Waals surface area contributed by atoms with Crippen LogP contribution in [0.15, 0.2) is 103 Å². The van der Waals surface area contributed by atoms with Gasteiger partial charge in [-0.05, 0) is 80.7 Å². The molecule has 242 valence electrons. The molecule has 1 fully saturated rings. The monoisotopic (exact) mass is 644 g/mol.